The minimum absolute atomic E-state index is 0.855. The van der Waals surface area contributed by atoms with E-state index in [-0.39, 0.29) is 0 Å². The summed E-state index contributed by atoms with van der Waals surface area (Å²) in [5.41, 5.74) is 3.46. The summed E-state index contributed by atoms with van der Waals surface area (Å²) in [6, 6.07) is 4.14. The van der Waals surface area contributed by atoms with Crippen molar-refractivity contribution in [3.05, 3.63) is 35.3 Å². The molecule has 1 aliphatic heterocycles. The minimum atomic E-state index is 0.855. The van der Waals surface area contributed by atoms with Gasteiger partial charge in [-0.1, -0.05) is 6.07 Å². The highest BCUT2D eigenvalue weighted by atomic mass is 14.9. The lowest BCUT2D eigenvalue weighted by molar-refractivity contribution is 0.817. The van der Waals surface area contributed by atoms with E-state index >= 15 is 0 Å². The molecule has 11 heavy (non-hydrogen) atoms. The fraction of sp³-hybridized carbons (Fsp3) is 0.222. The van der Waals surface area contributed by atoms with Crippen molar-refractivity contribution in [1.82, 2.24) is 10.3 Å². The Labute approximate surface area is 66.0 Å². The quantitative estimate of drug-likeness (QED) is 0.599. The van der Waals surface area contributed by atoms with Crippen LogP contribution in [0.4, 0.5) is 0 Å². The van der Waals surface area contributed by atoms with E-state index in [1.54, 1.807) is 0 Å². The number of aryl methyl sites for hydroxylation is 1. The zero-order valence-electron chi connectivity index (χ0n) is 6.46. The van der Waals surface area contributed by atoms with Crippen LogP contribution in [0.5, 0.6) is 0 Å². The number of aromatic nitrogens is 1. The molecule has 1 aromatic rings. The van der Waals surface area contributed by atoms with E-state index in [2.05, 4.69) is 16.4 Å². The Balaban J connectivity index is 2.53. The number of pyridine rings is 1. The van der Waals surface area contributed by atoms with Gasteiger partial charge in [-0.3, -0.25) is 4.98 Å². The van der Waals surface area contributed by atoms with Gasteiger partial charge in [0.25, 0.3) is 0 Å². The molecule has 0 bridgehead atoms. The van der Waals surface area contributed by atoms with Gasteiger partial charge in [0.1, 0.15) is 0 Å². The van der Waals surface area contributed by atoms with Gasteiger partial charge >= 0.3 is 0 Å². The van der Waals surface area contributed by atoms with Crippen molar-refractivity contribution in [3.63, 3.8) is 0 Å². The lowest BCUT2D eigenvalue weighted by Gasteiger charge is -2.10. The van der Waals surface area contributed by atoms with Gasteiger partial charge in [0.05, 0.1) is 12.2 Å². The summed E-state index contributed by atoms with van der Waals surface area (Å²) in [7, 11) is 0. The Hall–Kier alpha value is -1.31. The van der Waals surface area contributed by atoms with Gasteiger partial charge in [-0.2, -0.15) is 0 Å². The molecule has 1 N–H and O–H groups in total. The standard InChI is InChI=1S/C9H10N2/c1-7-2-3-8-4-5-10-6-9(8)11-7/h2-5,10H,6H2,1H3. The van der Waals surface area contributed by atoms with Crippen molar-refractivity contribution in [2.75, 3.05) is 0 Å². The molecule has 2 rings (SSSR count). The van der Waals surface area contributed by atoms with E-state index < -0.39 is 0 Å². The summed E-state index contributed by atoms with van der Waals surface area (Å²) >= 11 is 0. The van der Waals surface area contributed by atoms with Crippen molar-refractivity contribution in [1.29, 1.82) is 0 Å². The Morgan fingerprint density at radius 3 is 3.27 bits per heavy atom. The molecule has 0 aromatic carbocycles. The van der Waals surface area contributed by atoms with Gasteiger partial charge in [-0.15, -0.1) is 0 Å². The normalized spacial score (nSPS) is 13.9. The smallest absolute Gasteiger partial charge is 0.0670 e. The average molecular weight is 146 g/mol. The number of hydrogen-bond acceptors (Lipinski definition) is 2. The van der Waals surface area contributed by atoms with Crippen molar-refractivity contribution in [2.24, 2.45) is 0 Å². The maximum absolute atomic E-state index is 4.40. The summed E-state index contributed by atoms with van der Waals surface area (Å²) in [5.74, 6) is 0. The Kier molecular flexibility index (Phi) is 1.39. The van der Waals surface area contributed by atoms with Crippen molar-refractivity contribution >= 4 is 6.08 Å². The van der Waals surface area contributed by atoms with Gasteiger partial charge in [0.15, 0.2) is 0 Å². The van der Waals surface area contributed by atoms with Crippen LogP contribution in [0, 0.1) is 6.92 Å². The van der Waals surface area contributed by atoms with Gasteiger partial charge in [0.2, 0.25) is 0 Å². The molecule has 0 aliphatic carbocycles. The molecule has 1 aromatic heterocycles. The fourth-order valence-electron chi connectivity index (χ4n) is 1.22. The predicted octanol–water partition coefficient (Wildman–Crippen LogP) is 1.46. The fourth-order valence-corrected chi connectivity index (χ4v) is 1.22. The highest BCUT2D eigenvalue weighted by Crippen LogP contribution is 2.11. The number of fused-ring (bicyclic) bond motifs is 1. The monoisotopic (exact) mass is 146 g/mol. The molecule has 2 nitrogen and oxygen atoms in total. The second-order valence-corrected chi connectivity index (χ2v) is 2.70. The molecule has 2 heteroatoms. The SMILES string of the molecule is Cc1ccc2c(n1)CNC=C2. The lowest BCUT2D eigenvalue weighted by atomic mass is 10.1. The van der Waals surface area contributed by atoms with Gasteiger partial charge in [-0.05, 0) is 30.8 Å². The highest BCUT2D eigenvalue weighted by molar-refractivity contribution is 5.53. The number of nitrogens with one attached hydrogen (secondary N) is 1. The van der Waals surface area contributed by atoms with Gasteiger partial charge in [-0.25, -0.2) is 0 Å². The lowest BCUT2D eigenvalue weighted by Crippen LogP contribution is -2.12. The van der Waals surface area contributed by atoms with Crippen LogP contribution in [0.2, 0.25) is 0 Å². The first-order valence-electron chi connectivity index (χ1n) is 3.73. The number of hydrogen-bond donors (Lipinski definition) is 1. The Morgan fingerprint density at radius 1 is 1.45 bits per heavy atom. The van der Waals surface area contributed by atoms with Crippen molar-refractivity contribution in [3.8, 4) is 0 Å². The van der Waals surface area contributed by atoms with Crippen LogP contribution >= 0.6 is 0 Å². The Morgan fingerprint density at radius 2 is 2.36 bits per heavy atom. The second kappa shape index (κ2) is 2.38. The van der Waals surface area contributed by atoms with E-state index in [0.29, 0.717) is 0 Å². The first kappa shape index (κ1) is 6.40. The first-order valence-corrected chi connectivity index (χ1v) is 3.73. The molecular formula is C9H10N2. The van der Waals surface area contributed by atoms with E-state index in [1.807, 2.05) is 25.3 Å². The molecule has 0 unspecified atom stereocenters. The highest BCUT2D eigenvalue weighted by Gasteiger charge is 2.03. The third kappa shape index (κ3) is 1.11. The summed E-state index contributed by atoms with van der Waals surface area (Å²) in [6.45, 7) is 2.87. The van der Waals surface area contributed by atoms with Crippen LogP contribution < -0.4 is 5.32 Å². The Bertz CT molecular complexity index is 302. The third-order valence-electron chi connectivity index (χ3n) is 1.80. The summed E-state index contributed by atoms with van der Waals surface area (Å²) in [4.78, 5) is 4.40. The summed E-state index contributed by atoms with van der Waals surface area (Å²) in [5, 5.41) is 3.13. The molecule has 0 atom stereocenters. The summed E-state index contributed by atoms with van der Waals surface area (Å²) in [6.07, 6.45) is 4.00. The maximum atomic E-state index is 4.40. The molecule has 0 spiro atoms. The molecule has 2 heterocycles. The maximum Gasteiger partial charge on any atom is 0.0670 e. The van der Waals surface area contributed by atoms with E-state index in [1.165, 1.54) is 5.56 Å². The average Bonchev–Trinajstić information content (AvgIpc) is 2.04. The van der Waals surface area contributed by atoms with E-state index in [4.69, 9.17) is 0 Å². The topological polar surface area (TPSA) is 24.9 Å². The predicted molar refractivity (Wildman–Crippen MR) is 44.8 cm³/mol. The zero-order chi connectivity index (χ0) is 7.68. The van der Waals surface area contributed by atoms with Gasteiger partial charge in [0, 0.05) is 5.69 Å². The number of rotatable bonds is 0. The van der Waals surface area contributed by atoms with Crippen LogP contribution in [0.15, 0.2) is 18.3 Å². The van der Waals surface area contributed by atoms with E-state index in [9.17, 15) is 0 Å². The zero-order valence-corrected chi connectivity index (χ0v) is 6.46. The van der Waals surface area contributed by atoms with Crippen LogP contribution in [0.1, 0.15) is 17.0 Å². The molecule has 0 radical (unpaired) electrons. The largest absolute Gasteiger partial charge is 0.385 e. The van der Waals surface area contributed by atoms with Crippen molar-refractivity contribution in [2.45, 2.75) is 13.5 Å². The molecule has 56 valence electrons. The first-order chi connectivity index (χ1) is 5.36. The molecule has 1 aliphatic rings. The van der Waals surface area contributed by atoms with Crippen LogP contribution in [0.25, 0.3) is 6.08 Å². The third-order valence-corrected chi connectivity index (χ3v) is 1.80. The molecular weight excluding hydrogens is 136 g/mol. The van der Waals surface area contributed by atoms with Crippen LogP contribution in [-0.2, 0) is 6.54 Å². The van der Waals surface area contributed by atoms with Gasteiger partial charge < -0.3 is 5.32 Å². The van der Waals surface area contributed by atoms with Crippen LogP contribution in [-0.4, -0.2) is 4.98 Å². The minimum Gasteiger partial charge on any atom is -0.385 e. The molecule has 0 saturated carbocycles. The van der Waals surface area contributed by atoms with Crippen molar-refractivity contribution < 1.29 is 0 Å². The van der Waals surface area contributed by atoms with Crippen LogP contribution in [0.3, 0.4) is 0 Å². The second-order valence-electron chi connectivity index (χ2n) is 2.70. The number of nitrogens with zero attached hydrogens (tertiary/aromatic N) is 1. The molecule has 0 saturated heterocycles. The molecule has 0 amide bonds. The molecule has 0 fully saturated rings. The summed E-state index contributed by atoms with van der Waals surface area (Å²) < 4.78 is 0. The van der Waals surface area contributed by atoms with E-state index in [0.717, 1.165) is 17.9 Å².